The minimum absolute atomic E-state index is 0.146. The zero-order chi connectivity index (χ0) is 15.9. The van der Waals surface area contributed by atoms with Crippen LogP contribution in [0.5, 0.6) is 11.5 Å². The minimum Gasteiger partial charge on any atom is -0.507 e. The van der Waals surface area contributed by atoms with Gasteiger partial charge in [0, 0.05) is 12.2 Å². The predicted octanol–water partition coefficient (Wildman–Crippen LogP) is 3.11. The first-order valence-corrected chi connectivity index (χ1v) is 6.75. The monoisotopic (exact) mass is 305 g/mol. The number of hydrogen-bond donors (Lipinski definition) is 3. The van der Waals surface area contributed by atoms with Crippen LogP contribution in [-0.2, 0) is 0 Å². The van der Waals surface area contributed by atoms with Gasteiger partial charge in [0.25, 0.3) is 0 Å². The van der Waals surface area contributed by atoms with Gasteiger partial charge in [-0.3, -0.25) is 0 Å². The van der Waals surface area contributed by atoms with E-state index in [9.17, 15) is 14.3 Å². The summed E-state index contributed by atoms with van der Waals surface area (Å²) in [6.45, 7) is 1.02. The molecule has 22 heavy (non-hydrogen) atoms. The fourth-order valence-electron chi connectivity index (χ4n) is 1.84. The van der Waals surface area contributed by atoms with Crippen molar-refractivity contribution in [1.82, 2.24) is 0 Å². The molecule has 0 aliphatic carbocycles. The number of halogens is 1. The zero-order valence-electron chi connectivity index (χ0n) is 11.8. The van der Waals surface area contributed by atoms with E-state index in [-0.39, 0.29) is 17.1 Å². The van der Waals surface area contributed by atoms with Crippen LogP contribution in [0.25, 0.3) is 0 Å². The first-order chi connectivity index (χ1) is 10.6. The molecule has 0 saturated heterocycles. The van der Waals surface area contributed by atoms with E-state index in [4.69, 9.17) is 9.84 Å². The first kappa shape index (κ1) is 15.6. The van der Waals surface area contributed by atoms with Crippen molar-refractivity contribution in [2.75, 3.05) is 18.5 Å². The van der Waals surface area contributed by atoms with Crippen molar-refractivity contribution in [2.45, 2.75) is 6.42 Å². The molecule has 0 spiro atoms. The van der Waals surface area contributed by atoms with Crippen LogP contribution >= 0.6 is 0 Å². The third-order valence-corrected chi connectivity index (χ3v) is 2.96. The van der Waals surface area contributed by atoms with Crippen molar-refractivity contribution in [3.8, 4) is 11.5 Å². The van der Waals surface area contributed by atoms with Crippen LogP contribution in [-0.4, -0.2) is 29.3 Å². The Morgan fingerprint density at radius 2 is 1.91 bits per heavy atom. The van der Waals surface area contributed by atoms with Crippen LogP contribution in [0.1, 0.15) is 16.8 Å². The molecular weight excluding hydrogens is 289 g/mol. The quantitative estimate of drug-likeness (QED) is 0.541. The molecule has 3 N–H and O–H groups in total. The van der Waals surface area contributed by atoms with E-state index in [1.807, 2.05) is 0 Å². The van der Waals surface area contributed by atoms with Crippen molar-refractivity contribution in [2.24, 2.45) is 0 Å². The molecule has 0 heterocycles. The second kappa shape index (κ2) is 7.31. The molecule has 116 valence electrons. The maximum absolute atomic E-state index is 12.7. The van der Waals surface area contributed by atoms with Gasteiger partial charge in [-0.1, -0.05) is 0 Å². The van der Waals surface area contributed by atoms with Crippen LogP contribution < -0.4 is 10.1 Å². The molecule has 0 amide bonds. The Morgan fingerprint density at radius 3 is 2.59 bits per heavy atom. The van der Waals surface area contributed by atoms with Crippen molar-refractivity contribution in [1.29, 1.82) is 0 Å². The average molecular weight is 305 g/mol. The summed E-state index contributed by atoms with van der Waals surface area (Å²) in [4.78, 5) is 10.9. The zero-order valence-corrected chi connectivity index (χ0v) is 11.8. The number of carboxylic acid groups (broad SMARTS) is 1. The Bertz CT molecular complexity index is 643. The Labute approximate surface area is 127 Å². The highest BCUT2D eigenvalue weighted by Gasteiger charge is 2.09. The Balaban J connectivity index is 1.76. The number of rotatable bonds is 7. The highest BCUT2D eigenvalue weighted by Crippen LogP contribution is 2.21. The van der Waals surface area contributed by atoms with Gasteiger partial charge in [0.15, 0.2) is 0 Å². The number of aromatic hydroxyl groups is 1. The Hall–Kier alpha value is -2.76. The number of carbonyl (C=O) groups is 1. The number of hydrogen-bond acceptors (Lipinski definition) is 4. The van der Waals surface area contributed by atoms with Gasteiger partial charge < -0.3 is 20.3 Å². The van der Waals surface area contributed by atoms with Crippen LogP contribution in [0.2, 0.25) is 0 Å². The second-order valence-corrected chi connectivity index (χ2v) is 4.62. The highest BCUT2D eigenvalue weighted by molar-refractivity contribution is 5.91. The smallest absolute Gasteiger partial charge is 0.339 e. The Kier molecular flexibility index (Phi) is 5.19. The van der Waals surface area contributed by atoms with Gasteiger partial charge in [-0.05, 0) is 48.9 Å². The summed E-state index contributed by atoms with van der Waals surface area (Å²) >= 11 is 0. The van der Waals surface area contributed by atoms with E-state index in [0.717, 1.165) is 0 Å². The topological polar surface area (TPSA) is 78.8 Å². The predicted molar refractivity (Wildman–Crippen MR) is 80.1 cm³/mol. The molecule has 0 aliphatic rings. The molecule has 0 saturated carbocycles. The fourth-order valence-corrected chi connectivity index (χ4v) is 1.84. The third-order valence-electron chi connectivity index (χ3n) is 2.96. The SMILES string of the molecule is O=C(O)c1cc(NCCCOc2ccc(F)cc2)ccc1O. The highest BCUT2D eigenvalue weighted by atomic mass is 19.1. The molecule has 6 heteroatoms. The molecule has 5 nitrogen and oxygen atoms in total. The van der Waals surface area contributed by atoms with Gasteiger partial charge in [0.2, 0.25) is 0 Å². The van der Waals surface area contributed by atoms with Crippen LogP contribution in [0, 0.1) is 5.82 Å². The van der Waals surface area contributed by atoms with Gasteiger partial charge in [-0.25, -0.2) is 9.18 Å². The van der Waals surface area contributed by atoms with E-state index in [1.54, 1.807) is 18.2 Å². The minimum atomic E-state index is -1.18. The van der Waals surface area contributed by atoms with E-state index in [0.29, 0.717) is 31.0 Å². The number of phenols is 1. The molecule has 2 aromatic carbocycles. The Morgan fingerprint density at radius 1 is 1.18 bits per heavy atom. The second-order valence-electron chi connectivity index (χ2n) is 4.62. The molecule has 2 aromatic rings. The summed E-state index contributed by atoms with van der Waals surface area (Å²) in [6, 6.07) is 10.1. The van der Waals surface area contributed by atoms with E-state index in [2.05, 4.69) is 5.32 Å². The van der Waals surface area contributed by atoms with E-state index >= 15 is 0 Å². The normalized spacial score (nSPS) is 10.2. The van der Waals surface area contributed by atoms with Crippen molar-refractivity contribution in [3.63, 3.8) is 0 Å². The molecular formula is C16H16FNO4. The van der Waals surface area contributed by atoms with Crippen molar-refractivity contribution in [3.05, 3.63) is 53.8 Å². The maximum atomic E-state index is 12.7. The molecule has 0 aliphatic heterocycles. The molecule has 0 unspecified atom stereocenters. The first-order valence-electron chi connectivity index (χ1n) is 6.75. The van der Waals surface area contributed by atoms with Crippen molar-refractivity contribution < 1.29 is 24.1 Å². The lowest BCUT2D eigenvalue weighted by atomic mass is 10.2. The van der Waals surface area contributed by atoms with Gasteiger partial charge in [-0.2, -0.15) is 0 Å². The maximum Gasteiger partial charge on any atom is 0.339 e. The molecule has 0 fully saturated rings. The van der Waals surface area contributed by atoms with Crippen LogP contribution in [0.4, 0.5) is 10.1 Å². The van der Waals surface area contributed by atoms with Gasteiger partial charge in [-0.15, -0.1) is 0 Å². The average Bonchev–Trinajstić information content (AvgIpc) is 2.50. The summed E-state index contributed by atoms with van der Waals surface area (Å²) < 4.78 is 18.1. The number of ether oxygens (including phenoxy) is 1. The third kappa shape index (κ3) is 4.37. The van der Waals surface area contributed by atoms with Crippen molar-refractivity contribution >= 4 is 11.7 Å². The van der Waals surface area contributed by atoms with Gasteiger partial charge in [0.1, 0.15) is 22.9 Å². The summed E-state index contributed by atoms with van der Waals surface area (Å²) in [7, 11) is 0. The van der Waals surface area contributed by atoms with E-state index < -0.39 is 5.97 Å². The van der Waals surface area contributed by atoms with Gasteiger partial charge in [0.05, 0.1) is 6.61 Å². The van der Waals surface area contributed by atoms with Crippen LogP contribution in [0.15, 0.2) is 42.5 Å². The van der Waals surface area contributed by atoms with Gasteiger partial charge >= 0.3 is 5.97 Å². The molecule has 2 rings (SSSR count). The lowest BCUT2D eigenvalue weighted by Crippen LogP contribution is -2.08. The molecule has 0 bridgehead atoms. The lowest BCUT2D eigenvalue weighted by molar-refractivity contribution is 0.0694. The summed E-state index contributed by atoms with van der Waals surface area (Å²) in [5.41, 5.74) is 0.463. The standard InChI is InChI=1S/C16H16FNO4/c17-11-2-5-13(6-3-11)22-9-1-8-18-12-4-7-15(19)14(10-12)16(20)21/h2-7,10,18-19H,1,8-9H2,(H,20,21). The molecule has 0 atom stereocenters. The number of carboxylic acids is 1. The summed E-state index contributed by atoms with van der Waals surface area (Å²) in [5, 5.41) is 21.4. The van der Waals surface area contributed by atoms with Crippen LogP contribution in [0.3, 0.4) is 0 Å². The van der Waals surface area contributed by atoms with E-state index in [1.165, 1.54) is 24.3 Å². The lowest BCUT2D eigenvalue weighted by Gasteiger charge is -2.09. The fraction of sp³-hybridized carbons (Fsp3) is 0.188. The molecule has 0 radical (unpaired) electrons. The number of aromatic carboxylic acids is 1. The summed E-state index contributed by atoms with van der Waals surface area (Å²) in [5.74, 6) is -1.16. The number of anilines is 1. The largest absolute Gasteiger partial charge is 0.507 e. The number of nitrogens with one attached hydrogen (secondary N) is 1. The number of benzene rings is 2. The summed E-state index contributed by atoms with van der Waals surface area (Å²) in [6.07, 6.45) is 0.681. The molecule has 0 aromatic heterocycles.